The maximum Gasteiger partial charge on any atom is 0.320 e. The van der Waals surface area contributed by atoms with E-state index >= 15 is 0 Å². The van der Waals surface area contributed by atoms with Crippen LogP contribution in [0.15, 0.2) is 0 Å². The molecule has 2 rings (SSSR count). The highest BCUT2D eigenvalue weighted by atomic mass is 16.5. The first kappa shape index (κ1) is 14.1. The maximum absolute atomic E-state index is 12.4. The van der Waals surface area contributed by atoms with Crippen LogP contribution in [0.5, 0.6) is 0 Å². The number of carbonyl (C=O) groups is 2. The average Bonchev–Trinajstić information content (AvgIpc) is 2.47. The number of amides is 2. The van der Waals surface area contributed by atoms with Crippen molar-refractivity contribution in [3.05, 3.63) is 0 Å². The molecule has 0 bridgehead atoms. The van der Waals surface area contributed by atoms with E-state index in [0.29, 0.717) is 52.2 Å². The SMILES string of the molecule is CCC1(C(=O)O)CCCN(C(=O)N2CCOCC2)C1. The molecule has 2 aliphatic rings. The molecule has 2 fully saturated rings. The summed E-state index contributed by atoms with van der Waals surface area (Å²) in [5.41, 5.74) is -0.764. The summed E-state index contributed by atoms with van der Waals surface area (Å²) in [4.78, 5) is 27.3. The fourth-order valence-corrected chi connectivity index (χ4v) is 2.86. The summed E-state index contributed by atoms with van der Waals surface area (Å²) in [5.74, 6) is -0.783. The Bertz CT molecular complexity index is 355. The van der Waals surface area contributed by atoms with E-state index < -0.39 is 11.4 Å². The van der Waals surface area contributed by atoms with E-state index in [2.05, 4.69) is 0 Å². The molecule has 0 radical (unpaired) electrons. The van der Waals surface area contributed by atoms with Crippen LogP contribution in [0.1, 0.15) is 26.2 Å². The minimum atomic E-state index is -0.783. The van der Waals surface area contributed by atoms with Crippen molar-refractivity contribution >= 4 is 12.0 Å². The topological polar surface area (TPSA) is 70.1 Å². The Kier molecular flexibility index (Phi) is 4.29. The predicted molar refractivity (Wildman–Crippen MR) is 69.0 cm³/mol. The van der Waals surface area contributed by atoms with Gasteiger partial charge in [-0.1, -0.05) is 6.92 Å². The quantitative estimate of drug-likeness (QED) is 0.813. The van der Waals surface area contributed by atoms with Crippen molar-refractivity contribution in [3.8, 4) is 0 Å². The second-order valence-corrected chi connectivity index (χ2v) is 5.35. The zero-order valence-corrected chi connectivity index (χ0v) is 11.4. The minimum absolute atomic E-state index is 0.0397. The molecule has 0 aromatic carbocycles. The number of hydrogen-bond acceptors (Lipinski definition) is 3. The van der Waals surface area contributed by atoms with Crippen molar-refractivity contribution in [2.45, 2.75) is 26.2 Å². The number of nitrogens with zero attached hydrogens (tertiary/aromatic N) is 2. The smallest absolute Gasteiger partial charge is 0.320 e. The van der Waals surface area contributed by atoms with Gasteiger partial charge >= 0.3 is 12.0 Å². The Labute approximate surface area is 113 Å². The number of ether oxygens (including phenoxy) is 1. The number of hydrogen-bond donors (Lipinski definition) is 1. The van der Waals surface area contributed by atoms with E-state index in [4.69, 9.17) is 4.74 Å². The minimum Gasteiger partial charge on any atom is -0.481 e. The average molecular weight is 270 g/mol. The van der Waals surface area contributed by atoms with Crippen molar-refractivity contribution in [2.24, 2.45) is 5.41 Å². The first-order valence-electron chi connectivity index (χ1n) is 6.94. The van der Waals surface area contributed by atoms with Gasteiger partial charge in [0.25, 0.3) is 0 Å². The van der Waals surface area contributed by atoms with Crippen LogP contribution in [0.25, 0.3) is 0 Å². The van der Waals surface area contributed by atoms with Gasteiger partial charge in [0.05, 0.1) is 18.6 Å². The van der Waals surface area contributed by atoms with Gasteiger partial charge in [0.1, 0.15) is 0 Å². The van der Waals surface area contributed by atoms with E-state index in [1.54, 1.807) is 9.80 Å². The molecule has 2 heterocycles. The Morgan fingerprint density at radius 1 is 1.21 bits per heavy atom. The molecule has 2 aliphatic heterocycles. The van der Waals surface area contributed by atoms with Gasteiger partial charge in [-0.05, 0) is 19.3 Å². The van der Waals surface area contributed by atoms with Crippen LogP contribution in [0.3, 0.4) is 0 Å². The number of rotatable bonds is 2. The Morgan fingerprint density at radius 2 is 1.89 bits per heavy atom. The summed E-state index contributed by atoms with van der Waals surface area (Å²) in [7, 11) is 0. The zero-order valence-electron chi connectivity index (χ0n) is 11.4. The van der Waals surface area contributed by atoms with Crippen molar-refractivity contribution in [3.63, 3.8) is 0 Å². The van der Waals surface area contributed by atoms with Crippen LogP contribution in [-0.4, -0.2) is 66.3 Å². The first-order chi connectivity index (χ1) is 9.09. The van der Waals surface area contributed by atoms with Gasteiger partial charge in [-0.25, -0.2) is 4.79 Å². The second-order valence-electron chi connectivity index (χ2n) is 5.35. The van der Waals surface area contributed by atoms with E-state index in [-0.39, 0.29) is 6.03 Å². The highest BCUT2D eigenvalue weighted by Gasteiger charge is 2.42. The molecule has 1 N–H and O–H groups in total. The van der Waals surface area contributed by atoms with E-state index in [1.165, 1.54) is 0 Å². The molecule has 0 aromatic rings. The van der Waals surface area contributed by atoms with Gasteiger partial charge < -0.3 is 19.6 Å². The molecule has 1 atom stereocenters. The summed E-state index contributed by atoms with van der Waals surface area (Å²) in [5, 5.41) is 9.43. The number of piperidine rings is 1. The highest BCUT2D eigenvalue weighted by molar-refractivity contribution is 5.79. The van der Waals surface area contributed by atoms with Crippen LogP contribution in [0, 0.1) is 5.41 Å². The molecule has 2 saturated heterocycles. The number of carbonyl (C=O) groups excluding carboxylic acids is 1. The lowest BCUT2D eigenvalue weighted by Crippen LogP contribution is -2.55. The standard InChI is InChI=1S/C13H22N2O4/c1-2-13(11(16)17)4-3-5-15(10-13)12(18)14-6-8-19-9-7-14/h2-10H2,1H3,(H,16,17). The Morgan fingerprint density at radius 3 is 2.47 bits per heavy atom. The van der Waals surface area contributed by atoms with Gasteiger partial charge in [0.15, 0.2) is 0 Å². The molecule has 6 heteroatoms. The molecular formula is C13H22N2O4. The maximum atomic E-state index is 12.4. The Hall–Kier alpha value is -1.30. The van der Waals surface area contributed by atoms with Crippen molar-refractivity contribution in [1.29, 1.82) is 0 Å². The third-order valence-corrected chi connectivity index (χ3v) is 4.26. The zero-order chi connectivity index (χ0) is 13.9. The molecule has 1 unspecified atom stereocenters. The molecule has 0 aliphatic carbocycles. The van der Waals surface area contributed by atoms with Crippen LogP contribution in [0.4, 0.5) is 4.79 Å². The first-order valence-corrected chi connectivity index (χ1v) is 6.94. The van der Waals surface area contributed by atoms with Crippen LogP contribution in [0.2, 0.25) is 0 Å². The normalized spacial score (nSPS) is 28.3. The summed E-state index contributed by atoms with van der Waals surface area (Å²) < 4.78 is 5.23. The van der Waals surface area contributed by atoms with Crippen molar-refractivity contribution in [1.82, 2.24) is 9.80 Å². The number of urea groups is 1. The molecular weight excluding hydrogens is 248 g/mol. The summed E-state index contributed by atoms with van der Waals surface area (Å²) in [6.45, 7) is 5.20. The number of carboxylic acid groups (broad SMARTS) is 1. The number of morpholine rings is 1. The molecule has 6 nitrogen and oxygen atoms in total. The lowest BCUT2D eigenvalue weighted by Gasteiger charge is -2.41. The summed E-state index contributed by atoms with van der Waals surface area (Å²) >= 11 is 0. The van der Waals surface area contributed by atoms with E-state index in [9.17, 15) is 14.7 Å². The molecule has 0 aromatic heterocycles. The van der Waals surface area contributed by atoms with Gasteiger partial charge in [0.2, 0.25) is 0 Å². The number of likely N-dealkylation sites (tertiary alicyclic amines) is 1. The molecule has 0 saturated carbocycles. The lowest BCUT2D eigenvalue weighted by atomic mass is 9.78. The predicted octanol–water partition coefficient (Wildman–Crippen LogP) is 1.02. The van der Waals surface area contributed by atoms with Crippen molar-refractivity contribution < 1.29 is 19.4 Å². The lowest BCUT2D eigenvalue weighted by molar-refractivity contribution is -0.152. The van der Waals surface area contributed by atoms with Crippen LogP contribution >= 0.6 is 0 Å². The molecule has 19 heavy (non-hydrogen) atoms. The van der Waals surface area contributed by atoms with Gasteiger partial charge in [-0.3, -0.25) is 4.79 Å². The fraction of sp³-hybridized carbons (Fsp3) is 0.846. The van der Waals surface area contributed by atoms with Gasteiger partial charge in [-0.2, -0.15) is 0 Å². The number of carboxylic acids is 1. The third kappa shape index (κ3) is 2.83. The van der Waals surface area contributed by atoms with Gasteiger partial charge in [0, 0.05) is 26.2 Å². The molecule has 108 valence electrons. The highest BCUT2D eigenvalue weighted by Crippen LogP contribution is 2.34. The molecule has 0 spiro atoms. The van der Waals surface area contributed by atoms with E-state index in [0.717, 1.165) is 6.42 Å². The second kappa shape index (κ2) is 5.77. The fourth-order valence-electron chi connectivity index (χ4n) is 2.86. The third-order valence-electron chi connectivity index (χ3n) is 4.26. The number of aliphatic carboxylic acids is 1. The van der Waals surface area contributed by atoms with Crippen LogP contribution in [-0.2, 0) is 9.53 Å². The van der Waals surface area contributed by atoms with Crippen LogP contribution < -0.4 is 0 Å². The summed E-state index contributed by atoms with van der Waals surface area (Å²) in [6, 6.07) is -0.0397. The Balaban J connectivity index is 2.03. The largest absolute Gasteiger partial charge is 0.481 e. The van der Waals surface area contributed by atoms with E-state index in [1.807, 2.05) is 6.92 Å². The monoisotopic (exact) mass is 270 g/mol. The summed E-state index contributed by atoms with van der Waals surface area (Å²) in [6.07, 6.45) is 1.98. The van der Waals surface area contributed by atoms with Crippen molar-refractivity contribution in [2.75, 3.05) is 39.4 Å². The molecule has 2 amide bonds. The van der Waals surface area contributed by atoms with Gasteiger partial charge in [-0.15, -0.1) is 0 Å².